The van der Waals surface area contributed by atoms with Gasteiger partial charge in [0.25, 0.3) is 0 Å². The number of nitrogens with two attached hydrogens (primary N) is 1. The summed E-state index contributed by atoms with van der Waals surface area (Å²) in [7, 11) is 0. The van der Waals surface area contributed by atoms with E-state index in [1.54, 1.807) is 10.7 Å². The summed E-state index contributed by atoms with van der Waals surface area (Å²) in [5.74, 6) is 1.47. The molecular formula is C13H19N5. The predicted molar refractivity (Wildman–Crippen MR) is 71.4 cm³/mol. The van der Waals surface area contributed by atoms with Crippen LogP contribution in [0.3, 0.4) is 0 Å². The van der Waals surface area contributed by atoms with E-state index < -0.39 is 0 Å². The SMILES string of the molecule is NC1CCCCC1CNc1ccn2nccc2n1. The van der Waals surface area contributed by atoms with E-state index in [2.05, 4.69) is 15.4 Å². The highest BCUT2D eigenvalue weighted by molar-refractivity contribution is 5.45. The Balaban J connectivity index is 1.65. The van der Waals surface area contributed by atoms with E-state index in [0.717, 1.165) is 24.4 Å². The van der Waals surface area contributed by atoms with Crippen LogP contribution in [0.5, 0.6) is 0 Å². The molecule has 96 valence electrons. The molecule has 0 saturated heterocycles. The van der Waals surface area contributed by atoms with Crippen LogP contribution in [0.15, 0.2) is 24.5 Å². The van der Waals surface area contributed by atoms with Crippen LogP contribution < -0.4 is 11.1 Å². The van der Waals surface area contributed by atoms with Crippen molar-refractivity contribution in [2.45, 2.75) is 31.7 Å². The fourth-order valence-corrected chi connectivity index (χ4v) is 2.64. The lowest BCUT2D eigenvalue weighted by Crippen LogP contribution is -2.37. The van der Waals surface area contributed by atoms with Gasteiger partial charge in [-0.05, 0) is 24.8 Å². The summed E-state index contributed by atoms with van der Waals surface area (Å²) in [6, 6.07) is 4.19. The number of fused-ring (bicyclic) bond motifs is 1. The van der Waals surface area contributed by atoms with Crippen molar-refractivity contribution >= 4 is 11.5 Å². The van der Waals surface area contributed by atoms with Crippen molar-refractivity contribution in [2.24, 2.45) is 11.7 Å². The molecule has 0 aliphatic heterocycles. The van der Waals surface area contributed by atoms with E-state index in [1.807, 2.05) is 18.3 Å². The minimum Gasteiger partial charge on any atom is -0.370 e. The largest absolute Gasteiger partial charge is 0.370 e. The number of anilines is 1. The highest BCUT2D eigenvalue weighted by Crippen LogP contribution is 2.23. The summed E-state index contributed by atoms with van der Waals surface area (Å²) >= 11 is 0. The molecule has 2 heterocycles. The molecule has 0 spiro atoms. The maximum Gasteiger partial charge on any atom is 0.157 e. The molecule has 0 radical (unpaired) electrons. The van der Waals surface area contributed by atoms with Crippen LogP contribution in [0.2, 0.25) is 0 Å². The highest BCUT2D eigenvalue weighted by atomic mass is 15.2. The Labute approximate surface area is 106 Å². The lowest BCUT2D eigenvalue weighted by Gasteiger charge is -2.28. The van der Waals surface area contributed by atoms with Gasteiger partial charge in [-0.15, -0.1) is 0 Å². The third kappa shape index (κ3) is 2.31. The van der Waals surface area contributed by atoms with Crippen LogP contribution in [0.4, 0.5) is 5.82 Å². The zero-order chi connectivity index (χ0) is 12.4. The second-order valence-electron chi connectivity index (χ2n) is 5.04. The molecule has 2 aromatic heterocycles. The molecule has 0 aromatic carbocycles. The van der Waals surface area contributed by atoms with E-state index in [0.29, 0.717) is 12.0 Å². The number of nitrogens with zero attached hydrogens (tertiary/aromatic N) is 3. The third-order valence-corrected chi connectivity index (χ3v) is 3.77. The van der Waals surface area contributed by atoms with Gasteiger partial charge in [-0.25, -0.2) is 9.50 Å². The number of hydrogen-bond donors (Lipinski definition) is 2. The van der Waals surface area contributed by atoms with E-state index in [9.17, 15) is 0 Å². The van der Waals surface area contributed by atoms with Gasteiger partial charge in [0, 0.05) is 24.8 Å². The molecule has 2 unspecified atom stereocenters. The first-order valence-corrected chi connectivity index (χ1v) is 6.63. The van der Waals surface area contributed by atoms with Gasteiger partial charge in [0.15, 0.2) is 5.65 Å². The number of aromatic nitrogens is 3. The summed E-state index contributed by atoms with van der Waals surface area (Å²) in [6.07, 6.45) is 8.63. The van der Waals surface area contributed by atoms with Gasteiger partial charge >= 0.3 is 0 Å². The van der Waals surface area contributed by atoms with Gasteiger partial charge in [-0.1, -0.05) is 12.8 Å². The second kappa shape index (κ2) is 4.94. The standard InChI is InChI=1S/C13H19N5/c14-11-4-2-1-3-10(11)9-15-12-6-8-18-13(17-12)5-7-16-18/h5-8,10-11H,1-4,9,14H2,(H,15,17). The Bertz CT molecular complexity index is 521. The summed E-state index contributed by atoms with van der Waals surface area (Å²) in [4.78, 5) is 4.49. The van der Waals surface area contributed by atoms with Crippen LogP contribution >= 0.6 is 0 Å². The second-order valence-corrected chi connectivity index (χ2v) is 5.04. The van der Waals surface area contributed by atoms with Crippen molar-refractivity contribution < 1.29 is 0 Å². The van der Waals surface area contributed by atoms with Crippen LogP contribution in [0.25, 0.3) is 5.65 Å². The highest BCUT2D eigenvalue weighted by Gasteiger charge is 2.21. The summed E-state index contributed by atoms with van der Waals surface area (Å²) in [5, 5.41) is 7.52. The maximum atomic E-state index is 6.14. The molecule has 2 atom stereocenters. The van der Waals surface area contributed by atoms with Crippen LogP contribution in [-0.2, 0) is 0 Å². The third-order valence-electron chi connectivity index (χ3n) is 3.77. The number of rotatable bonds is 3. The molecule has 0 bridgehead atoms. The molecule has 1 fully saturated rings. The van der Waals surface area contributed by atoms with Crippen molar-refractivity contribution in [3.05, 3.63) is 24.5 Å². The van der Waals surface area contributed by atoms with Gasteiger partial charge in [0.1, 0.15) is 5.82 Å². The lowest BCUT2D eigenvalue weighted by molar-refractivity contribution is 0.321. The molecule has 2 aromatic rings. The van der Waals surface area contributed by atoms with Gasteiger partial charge in [-0.3, -0.25) is 0 Å². The zero-order valence-corrected chi connectivity index (χ0v) is 10.4. The minimum atomic E-state index is 0.338. The fraction of sp³-hybridized carbons (Fsp3) is 0.538. The summed E-state index contributed by atoms with van der Waals surface area (Å²) in [6.45, 7) is 0.915. The van der Waals surface area contributed by atoms with Crippen molar-refractivity contribution in [1.82, 2.24) is 14.6 Å². The van der Waals surface area contributed by atoms with E-state index in [-0.39, 0.29) is 0 Å². The average molecular weight is 245 g/mol. The number of hydrogen-bond acceptors (Lipinski definition) is 4. The van der Waals surface area contributed by atoms with Gasteiger partial charge in [-0.2, -0.15) is 5.10 Å². The Kier molecular flexibility index (Phi) is 3.15. The molecule has 18 heavy (non-hydrogen) atoms. The van der Waals surface area contributed by atoms with E-state index in [4.69, 9.17) is 5.73 Å². The fourth-order valence-electron chi connectivity index (χ4n) is 2.64. The van der Waals surface area contributed by atoms with Crippen LogP contribution in [-0.4, -0.2) is 27.2 Å². The average Bonchev–Trinajstić information content (AvgIpc) is 2.85. The predicted octanol–water partition coefficient (Wildman–Crippen LogP) is 1.66. The summed E-state index contributed by atoms with van der Waals surface area (Å²) in [5.41, 5.74) is 7.01. The molecule has 1 aliphatic carbocycles. The lowest BCUT2D eigenvalue weighted by atomic mass is 9.85. The van der Waals surface area contributed by atoms with Crippen molar-refractivity contribution in [1.29, 1.82) is 0 Å². The first-order chi connectivity index (χ1) is 8.83. The minimum absolute atomic E-state index is 0.338. The Hall–Kier alpha value is -1.62. The molecule has 5 heteroatoms. The van der Waals surface area contributed by atoms with Crippen LogP contribution in [0, 0.1) is 5.92 Å². The monoisotopic (exact) mass is 245 g/mol. The van der Waals surface area contributed by atoms with Gasteiger partial charge in [0.05, 0.1) is 6.20 Å². The Morgan fingerprint density at radius 2 is 2.22 bits per heavy atom. The Morgan fingerprint density at radius 3 is 3.11 bits per heavy atom. The normalized spacial score (nSPS) is 24.3. The molecule has 1 aliphatic rings. The molecular weight excluding hydrogens is 226 g/mol. The van der Waals surface area contributed by atoms with Gasteiger partial charge in [0.2, 0.25) is 0 Å². The molecule has 1 saturated carbocycles. The molecule has 3 N–H and O–H groups in total. The molecule has 0 amide bonds. The summed E-state index contributed by atoms with van der Waals surface area (Å²) < 4.78 is 1.76. The first kappa shape index (κ1) is 11.5. The van der Waals surface area contributed by atoms with Gasteiger partial charge < -0.3 is 11.1 Å². The van der Waals surface area contributed by atoms with Crippen molar-refractivity contribution in [3.63, 3.8) is 0 Å². The van der Waals surface area contributed by atoms with E-state index in [1.165, 1.54) is 19.3 Å². The first-order valence-electron chi connectivity index (χ1n) is 6.63. The molecule has 5 nitrogen and oxygen atoms in total. The van der Waals surface area contributed by atoms with Crippen molar-refractivity contribution in [3.8, 4) is 0 Å². The quantitative estimate of drug-likeness (QED) is 0.863. The zero-order valence-electron chi connectivity index (χ0n) is 10.4. The maximum absolute atomic E-state index is 6.14. The van der Waals surface area contributed by atoms with Crippen molar-refractivity contribution in [2.75, 3.05) is 11.9 Å². The Morgan fingerprint density at radius 1 is 1.33 bits per heavy atom. The topological polar surface area (TPSA) is 68.2 Å². The molecule has 3 rings (SSSR count). The van der Waals surface area contributed by atoms with Crippen LogP contribution in [0.1, 0.15) is 25.7 Å². The smallest absolute Gasteiger partial charge is 0.157 e. The number of nitrogens with one attached hydrogen (secondary N) is 1. The van der Waals surface area contributed by atoms with E-state index >= 15 is 0 Å².